The van der Waals surface area contributed by atoms with Crippen LogP contribution in [0.2, 0.25) is 36.3 Å². The molecule has 33 heavy (non-hydrogen) atoms. The van der Waals surface area contributed by atoms with Crippen LogP contribution in [0.15, 0.2) is 30.3 Å². The summed E-state index contributed by atoms with van der Waals surface area (Å²) >= 11 is 3.18. The number of rotatable bonds is 7. The molecule has 9 heteroatoms. The van der Waals surface area contributed by atoms with Crippen molar-refractivity contribution in [2.24, 2.45) is 0 Å². The highest BCUT2D eigenvalue weighted by atomic mass is 79.9. The van der Waals surface area contributed by atoms with Crippen molar-refractivity contribution in [1.29, 1.82) is 0 Å². The quantitative estimate of drug-likeness (QED) is 0.202. The summed E-state index contributed by atoms with van der Waals surface area (Å²) in [5.74, 6) is -0.654. The Balaban J connectivity index is 2.31. The Kier molecular flexibility index (Phi) is 8.52. The molecule has 0 N–H and O–H groups in total. The fraction of sp³-hybridized carbons (Fsp3) is 0.708. The molecule has 1 saturated heterocycles. The minimum Gasteiger partial charge on any atom is -0.427 e. The summed E-state index contributed by atoms with van der Waals surface area (Å²) in [5.41, 5.74) is 0.326. The lowest BCUT2D eigenvalue weighted by molar-refractivity contribution is -0.131. The highest BCUT2D eigenvalue weighted by molar-refractivity contribution is 9.10. The monoisotopic (exact) mass is 562 g/mol. The fourth-order valence-electron chi connectivity index (χ4n) is 2.83. The molecule has 0 bridgehead atoms. The average Bonchev–Trinajstić information content (AvgIpc) is 2.89. The lowest BCUT2D eigenvalue weighted by atomic mass is 10.1. The van der Waals surface area contributed by atoms with E-state index in [1.54, 1.807) is 30.3 Å². The summed E-state index contributed by atoms with van der Waals surface area (Å²) in [6.07, 6.45) is -3.18. The van der Waals surface area contributed by atoms with Crippen LogP contribution in [0, 0.1) is 0 Å². The van der Waals surface area contributed by atoms with Gasteiger partial charge < -0.3 is 18.3 Å². The van der Waals surface area contributed by atoms with Crippen LogP contribution in [0.25, 0.3) is 0 Å². The van der Waals surface area contributed by atoms with E-state index >= 15 is 4.39 Å². The van der Waals surface area contributed by atoms with Crippen LogP contribution in [0.4, 0.5) is 4.39 Å². The number of halogens is 2. The van der Waals surface area contributed by atoms with Gasteiger partial charge in [-0.15, -0.1) is 0 Å². The van der Waals surface area contributed by atoms with E-state index in [0.29, 0.717) is 5.56 Å². The Morgan fingerprint density at radius 3 is 2.03 bits per heavy atom. The molecule has 2 rings (SSSR count). The molecule has 1 heterocycles. The fourth-order valence-corrected chi connectivity index (χ4v) is 5.92. The SMILES string of the molecule is CC(C)(C)[Si](C)(C)OC[C@H]1OC(OC(=O)c2ccccc2)[C@](F)(Br)[C@@H]1O[Si](C)(C)C(C)(C)C. The first-order valence-electron chi connectivity index (χ1n) is 11.4. The summed E-state index contributed by atoms with van der Waals surface area (Å²) in [6.45, 7) is 21.3. The standard InChI is InChI=1S/C24H40BrFO5Si2/c1-22(2,3)32(7,8)28-16-18-19(31-33(9,10)23(4,5)6)24(25,26)21(29-18)30-20(27)17-14-12-11-13-15-17/h11-15,18-19,21H,16H2,1-10H3/t18-,19-,21?,24+/m1/s1. The average molecular weight is 564 g/mol. The molecule has 0 aliphatic carbocycles. The Morgan fingerprint density at radius 2 is 1.55 bits per heavy atom. The summed E-state index contributed by atoms with van der Waals surface area (Å²) in [7, 11) is -4.50. The smallest absolute Gasteiger partial charge is 0.340 e. The van der Waals surface area contributed by atoms with Crippen LogP contribution in [-0.4, -0.2) is 52.3 Å². The largest absolute Gasteiger partial charge is 0.427 e. The van der Waals surface area contributed by atoms with E-state index in [2.05, 4.69) is 83.7 Å². The van der Waals surface area contributed by atoms with Gasteiger partial charge in [0.05, 0.1) is 12.2 Å². The Labute approximate surface area is 209 Å². The van der Waals surface area contributed by atoms with Gasteiger partial charge in [0.25, 0.3) is 10.9 Å². The van der Waals surface area contributed by atoms with Crippen LogP contribution in [0.3, 0.4) is 0 Å². The second kappa shape index (κ2) is 9.81. The van der Waals surface area contributed by atoms with Gasteiger partial charge in [-0.3, -0.25) is 0 Å². The molecule has 1 aromatic carbocycles. The number of carbonyl (C=O) groups excluding carboxylic acids is 1. The van der Waals surface area contributed by atoms with E-state index in [-0.39, 0.29) is 16.7 Å². The van der Waals surface area contributed by atoms with Crippen molar-refractivity contribution in [3.8, 4) is 0 Å². The molecule has 1 unspecified atom stereocenters. The summed E-state index contributed by atoms with van der Waals surface area (Å²) in [4.78, 5) is 12.6. The molecule has 1 aliphatic rings. The maximum absolute atomic E-state index is 16.2. The lowest BCUT2D eigenvalue weighted by Crippen LogP contribution is -2.53. The molecule has 1 fully saturated rings. The van der Waals surface area contributed by atoms with Crippen LogP contribution >= 0.6 is 15.9 Å². The first-order valence-corrected chi connectivity index (χ1v) is 18.0. The number of hydrogen-bond acceptors (Lipinski definition) is 5. The number of esters is 1. The summed E-state index contributed by atoms with van der Waals surface area (Å²) in [6, 6.07) is 8.48. The van der Waals surface area contributed by atoms with Crippen LogP contribution in [0.5, 0.6) is 0 Å². The molecular formula is C24H40BrFO5Si2. The molecule has 0 aromatic heterocycles. The number of hydrogen-bond donors (Lipinski definition) is 0. The first-order chi connectivity index (χ1) is 14.8. The molecule has 0 saturated carbocycles. The van der Waals surface area contributed by atoms with Gasteiger partial charge >= 0.3 is 5.97 Å². The normalized spacial score (nSPS) is 27.0. The maximum Gasteiger partial charge on any atom is 0.340 e. The zero-order chi connectivity index (χ0) is 25.5. The van der Waals surface area contributed by atoms with E-state index in [4.69, 9.17) is 18.3 Å². The summed E-state index contributed by atoms with van der Waals surface area (Å²) < 4.78 is 38.3. The van der Waals surface area contributed by atoms with Gasteiger partial charge in [-0.1, -0.05) is 59.7 Å². The van der Waals surface area contributed by atoms with Crippen molar-refractivity contribution in [1.82, 2.24) is 0 Å². The van der Waals surface area contributed by atoms with Crippen molar-refractivity contribution < 1.29 is 27.5 Å². The lowest BCUT2D eigenvalue weighted by Gasteiger charge is -2.41. The predicted octanol–water partition coefficient (Wildman–Crippen LogP) is 7.04. The van der Waals surface area contributed by atoms with Gasteiger partial charge in [0.2, 0.25) is 0 Å². The third kappa shape index (κ3) is 6.55. The van der Waals surface area contributed by atoms with Crippen molar-refractivity contribution in [3.63, 3.8) is 0 Å². The molecule has 0 radical (unpaired) electrons. The van der Waals surface area contributed by atoms with E-state index in [1.807, 2.05) is 0 Å². The Bertz CT molecular complexity index is 818. The highest BCUT2D eigenvalue weighted by Gasteiger charge is 2.61. The molecule has 188 valence electrons. The van der Waals surface area contributed by atoms with Crippen molar-refractivity contribution >= 4 is 38.5 Å². The third-order valence-electron chi connectivity index (χ3n) is 7.20. The van der Waals surface area contributed by atoms with Gasteiger partial charge in [0.1, 0.15) is 12.2 Å². The molecule has 1 aliphatic heterocycles. The van der Waals surface area contributed by atoms with Crippen molar-refractivity contribution in [2.75, 3.05) is 6.61 Å². The van der Waals surface area contributed by atoms with Crippen LogP contribution < -0.4 is 0 Å². The van der Waals surface area contributed by atoms with Gasteiger partial charge in [0.15, 0.2) is 16.6 Å². The topological polar surface area (TPSA) is 54.0 Å². The minimum atomic E-state index is -2.38. The maximum atomic E-state index is 16.2. The predicted molar refractivity (Wildman–Crippen MR) is 139 cm³/mol. The van der Waals surface area contributed by atoms with E-state index in [1.165, 1.54) is 0 Å². The van der Waals surface area contributed by atoms with Gasteiger partial charge in [-0.05, 0) is 64.3 Å². The van der Waals surface area contributed by atoms with Gasteiger partial charge in [0, 0.05) is 0 Å². The van der Waals surface area contributed by atoms with E-state index in [0.717, 1.165) is 0 Å². The van der Waals surface area contributed by atoms with Crippen molar-refractivity contribution in [2.45, 2.75) is 101 Å². The zero-order valence-electron chi connectivity index (χ0n) is 21.6. The number of carbonyl (C=O) groups is 1. The van der Waals surface area contributed by atoms with E-state index in [9.17, 15) is 4.79 Å². The second-order valence-electron chi connectivity index (χ2n) is 11.8. The number of benzene rings is 1. The Morgan fingerprint density at radius 1 is 1.03 bits per heavy atom. The van der Waals surface area contributed by atoms with Gasteiger partial charge in [-0.25, -0.2) is 9.18 Å². The van der Waals surface area contributed by atoms with Crippen molar-refractivity contribution in [3.05, 3.63) is 35.9 Å². The van der Waals surface area contributed by atoms with E-state index < -0.39 is 45.7 Å². The van der Waals surface area contributed by atoms with Gasteiger partial charge in [-0.2, -0.15) is 0 Å². The molecule has 5 nitrogen and oxygen atoms in total. The summed E-state index contributed by atoms with van der Waals surface area (Å²) in [5, 5.41) is -0.151. The molecule has 4 atom stereocenters. The van der Waals surface area contributed by atoms with Crippen LogP contribution in [0.1, 0.15) is 51.9 Å². The molecular weight excluding hydrogens is 523 g/mol. The number of alkyl halides is 2. The first kappa shape index (κ1) is 28.6. The molecule has 1 aromatic rings. The number of ether oxygens (including phenoxy) is 2. The second-order valence-corrected chi connectivity index (χ2v) is 22.6. The molecule has 0 spiro atoms. The molecule has 0 amide bonds. The Hall–Kier alpha value is -0.586. The van der Waals surface area contributed by atoms with Crippen LogP contribution in [-0.2, 0) is 18.3 Å². The highest BCUT2D eigenvalue weighted by Crippen LogP contribution is 2.47. The minimum absolute atomic E-state index is 0.0121. The zero-order valence-corrected chi connectivity index (χ0v) is 25.2. The third-order valence-corrected chi connectivity index (χ3v) is 17.0.